The van der Waals surface area contributed by atoms with Gasteiger partial charge in [0.25, 0.3) is 5.56 Å². The molecule has 106 valence electrons. The minimum absolute atomic E-state index is 0.0604. The van der Waals surface area contributed by atoms with E-state index in [9.17, 15) is 9.90 Å². The van der Waals surface area contributed by atoms with Crippen LogP contribution in [0.3, 0.4) is 0 Å². The van der Waals surface area contributed by atoms with Gasteiger partial charge < -0.3 is 14.6 Å². The van der Waals surface area contributed by atoms with Crippen LogP contribution in [0.5, 0.6) is 0 Å². The molecule has 0 radical (unpaired) electrons. The summed E-state index contributed by atoms with van der Waals surface area (Å²) in [6.45, 7) is 7.92. The fourth-order valence-electron chi connectivity index (χ4n) is 2.63. The molecule has 0 unspecified atom stereocenters. The number of aromatic nitrogens is 2. The highest BCUT2D eigenvalue weighted by atomic mass is 16.3. The number of hydrogen-bond acceptors (Lipinski definition) is 4. The number of nitrogens with zero attached hydrogens (tertiary/aromatic N) is 3. The molecule has 19 heavy (non-hydrogen) atoms. The summed E-state index contributed by atoms with van der Waals surface area (Å²) in [5.41, 5.74) is -0.698. The van der Waals surface area contributed by atoms with Crippen LogP contribution < -0.4 is 10.5 Å². The summed E-state index contributed by atoms with van der Waals surface area (Å²) in [6, 6.07) is 0. The van der Waals surface area contributed by atoms with Gasteiger partial charge in [-0.15, -0.1) is 0 Å². The van der Waals surface area contributed by atoms with E-state index >= 15 is 0 Å². The number of aliphatic hydroxyl groups is 1. The van der Waals surface area contributed by atoms with Crippen molar-refractivity contribution in [2.75, 3.05) is 18.0 Å². The van der Waals surface area contributed by atoms with Gasteiger partial charge in [-0.3, -0.25) is 4.79 Å². The first-order valence-corrected chi connectivity index (χ1v) is 6.98. The van der Waals surface area contributed by atoms with Crippen LogP contribution in [-0.2, 0) is 6.54 Å². The van der Waals surface area contributed by atoms with Crippen molar-refractivity contribution in [2.45, 2.75) is 45.8 Å². The molecule has 2 rings (SSSR count). The second-order valence-electron chi connectivity index (χ2n) is 5.93. The highest BCUT2D eigenvalue weighted by molar-refractivity contribution is 5.41. The lowest BCUT2D eigenvalue weighted by molar-refractivity contribution is 0.00273. The van der Waals surface area contributed by atoms with Gasteiger partial charge in [0.05, 0.1) is 18.7 Å². The molecule has 0 saturated carbocycles. The van der Waals surface area contributed by atoms with Crippen molar-refractivity contribution in [2.24, 2.45) is 5.92 Å². The zero-order valence-corrected chi connectivity index (χ0v) is 12.0. The fraction of sp³-hybridized carbons (Fsp3) is 0.714. The fourth-order valence-corrected chi connectivity index (χ4v) is 2.63. The van der Waals surface area contributed by atoms with Gasteiger partial charge in [-0.25, -0.2) is 4.98 Å². The first-order chi connectivity index (χ1) is 8.95. The molecule has 5 nitrogen and oxygen atoms in total. The van der Waals surface area contributed by atoms with E-state index in [0.29, 0.717) is 31.4 Å². The maximum atomic E-state index is 12.3. The van der Waals surface area contributed by atoms with Gasteiger partial charge in [-0.05, 0) is 12.3 Å². The lowest BCUT2D eigenvalue weighted by atomic mass is 9.89. The van der Waals surface area contributed by atoms with Crippen LogP contribution in [0.2, 0.25) is 0 Å². The van der Waals surface area contributed by atoms with E-state index < -0.39 is 5.60 Å². The maximum absolute atomic E-state index is 12.3. The van der Waals surface area contributed by atoms with Crippen LogP contribution in [0.4, 0.5) is 5.82 Å². The molecule has 0 aromatic carbocycles. The lowest BCUT2D eigenvalue weighted by Crippen LogP contribution is -2.63. The Balaban J connectivity index is 2.13. The van der Waals surface area contributed by atoms with Crippen molar-refractivity contribution >= 4 is 5.82 Å². The molecule has 2 heterocycles. The summed E-state index contributed by atoms with van der Waals surface area (Å²) < 4.78 is 1.70. The Kier molecular flexibility index (Phi) is 3.94. The average molecular weight is 265 g/mol. The minimum atomic E-state index is -0.637. The maximum Gasteiger partial charge on any atom is 0.293 e. The standard InChI is InChI=1S/C14H23N3O2/c1-4-5-14(19)9-17(10-14)12-13(18)16(7-6-15-12)8-11(2)3/h6-7,11,19H,4-5,8-10H2,1-3H3. The zero-order chi connectivity index (χ0) is 14.0. The first kappa shape index (κ1) is 14.1. The van der Waals surface area contributed by atoms with Crippen molar-refractivity contribution < 1.29 is 5.11 Å². The van der Waals surface area contributed by atoms with Crippen molar-refractivity contribution in [3.63, 3.8) is 0 Å². The molecule has 0 atom stereocenters. The molecule has 1 aromatic rings. The van der Waals surface area contributed by atoms with Crippen molar-refractivity contribution in [1.29, 1.82) is 0 Å². The summed E-state index contributed by atoms with van der Waals surface area (Å²) in [5, 5.41) is 10.2. The molecular formula is C14H23N3O2. The third kappa shape index (κ3) is 2.97. The molecule has 0 spiro atoms. The van der Waals surface area contributed by atoms with Crippen LogP contribution in [0.25, 0.3) is 0 Å². The largest absolute Gasteiger partial charge is 0.386 e. The molecule has 1 aromatic heterocycles. The minimum Gasteiger partial charge on any atom is -0.386 e. The average Bonchev–Trinajstić information content (AvgIpc) is 2.29. The molecule has 1 fully saturated rings. The molecule has 5 heteroatoms. The van der Waals surface area contributed by atoms with E-state index in [0.717, 1.165) is 12.8 Å². The summed E-state index contributed by atoms with van der Waals surface area (Å²) in [6.07, 6.45) is 5.11. The smallest absolute Gasteiger partial charge is 0.293 e. The molecule has 1 aliphatic heterocycles. The van der Waals surface area contributed by atoms with Crippen LogP contribution in [0.15, 0.2) is 17.2 Å². The molecule has 0 bridgehead atoms. The van der Waals surface area contributed by atoms with Crippen LogP contribution in [0.1, 0.15) is 33.6 Å². The molecule has 1 aliphatic rings. The summed E-state index contributed by atoms with van der Waals surface area (Å²) >= 11 is 0. The third-order valence-electron chi connectivity index (χ3n) is 3.44. The van der Waals surface area contributed by atoms with Crippen LogP contribution >= 0.6 is 0 Å². The van der Waals surface area contributed by atoms with Gasteiger partial charge in [0.2, 0.25) is 0 Å². The van der Waals surface area contributed by atoms with Gasteiger partial charge in [-0.2, -0.15) is 0 Å². The SMILES string of the molecule is CCCC1(O)CN(c2nccn(CC(C)C)c2=O)C1. The van der Waals surface area contributed by atoms with Gasteiger partial charge >= 0.3 is 0 Å². The van der Waals surface area contributed by atoms with Gasteiger partial charge in [0.15, 0.2) is 5.82 Å². The lowest BCUT2D eigenvalue weighted by Gasteiger charge is -2.46. The topological polar surface area (TPSA) is 58.4 Å². The predicted octanol–water partition coefficient (Wildman–Crippen LogP) is 1.25. The Morgan fingerprint density at radius 3 is 2.74 bits per heavy atom. The van der Waals surface area contributed by atoms with Gasteiger partial charge in [0.1, 0.15) is 0 Å². The van der Waals surface area contributed by atoms with Crippen molar-refractivity contribution in [1.82, 2.24) is 9.55 Å². The van der Waals surface area contributed by atoms with Crippen LogP contribution in [-0.4, -0.2) is 33.3 Å². The van der Waals surface area contributed by atoms with E-state index in [1.54, 1.807) is 17.0 Å². The second-order valence-corrected chi connectivity index (χ2v) is 5.93. The van der Waals surface area contributed by atoms with Crippen molar-refractivity contribution in [3.05, 3.63) is 22.7 Å². The van der Waals surface area contributed by atoms with E-state index in [2.05, 4.69) is 25.8 Å². The van der Waals surface area contributed by atoms with E-state index in [1.165, 1.54) is 0 Å². The Bertz CT molecular complexity index is 490. The second kappa shape index (κ2) is 5.33. The zero-order valence-electron chi connectivity index (χ0n) is 12.0. The summed E-state index contributed by atoms with van der Waals surface area (Å²) in [5.74, 6) is 0.880. The quantitative estimate of drug-likeness (QED) is 0.870. The van der Waals surface area contributed by atoms with E-state index in [1.807, 2.05) is 4.90 Å². The summed E-state index contributed by atoms with van der Waals surface area (Å²) in [4.78, 5) is 18.3. The molecule has 0 aliphatic carbocycles. The number of hydrogen-bond donors (Lipinski definition) is 1. The Hall–Kier alpha value is -1.36. The van der Waals surface area contributed by atoms with Gasteiger partial charge in [0, 0.05) is 18.9 Å². The van der Waals surface area contributed by atoms with E-state index in [4.69, 9.17) is 0 Å². The normalized spacial score (nSPS) is 17.6. The first-order valence-electron chi connectivity index (χ1n) is 6.98. The monoisotopic (exact) mass is 265 g/mol. The van der Waals surface area contributed by atoms with Crippen molar-refractivity contribution in [3.8, 4) is 0 Å². The Labute approximate surface area is 113 Å². The van der Waals surface area contributed by atoms with E-state index in [-0.39, 0.29) is 5.56 Å². The molecule has 1 N–H and O–H groups in total. The molecule has 0 amide bonds. The number of rotatable bonds is 5. The number of β-amino-alcohol motifs (C(OH)–C–C–N with tert-alkyl or cyclic N) is 1. The molecule has 1 saturated heterocycles. The highest BCUT2D eigenvalue weighted by Gasteiger charge is 2.41. The Morgan fingerprint density at radius 2 is 2.16 bits per heavy atom. The third-order valence-corrected chi connectivity index (χ3v) is 3.44. The highest BCUT2D eigenvalue weighted by Crippen LogP contribution is 2.27. The summed E-state index contributed by atoms with van der Waals surface area (Å²) in [7, 11) is 0. The van der Waals surface area contributed by atoms with Gasteiger partial charge in [-0.1, -0.05) is 27.2 Å². The number of anilines is 1. The predicted molar refractivity (Wildman–Crippen MR) is 75.4 cm³/mol. The van der Waals surface area contributed by atoms with Crippen LogP contribution in [0, 0.1) is 5.92 Å². The molecular weight excluding hydrogens is 242 g/mol. The Morgan fingerprint density at radius 1 is 1.47 bits per heavy atom.